The van der Waals surface area contributed by atoms with Gasteiger partial charge in [-0.3, -0.25) is 0 Å². The molecule has 0 amide bonds. The van der Waals surface area contributed by atoms with Gasteiger partial charge in [0.25, 0.3) is 0 Å². The third kappa shape index (κ3) is 4.07. The van der Waals surface area contributed by atoms with E-state index in [9.17, 15) is 0 Å². The predicted octanol–water partition coefficient (Wildman–Crippen LogP) is 4.47. The van der Waals surface area contributed by atoms with Crippen LogP contribution in [0.15, 0.2) is 84.9 Å². The standard InChI is InChI=1S/C21H21OP/c1-22-16-18-10-8-9-11-19(18)17-23(20-12-4-2-5-13-20)21-14-6-3-7-15-21/h2-15H,16-17H2,1H3. The lowest BCUT2D eigenvalue weighted by molar-refractivity contribution is 0.184. The van der Waals surface area contributed by atoms with Gasteiger partial charge in [-0.15, -0.1) is 0 Å². The molecule has 3 rings (SSSR count). The number of rotatable bonds is 6. The van der Waals surface area contributed by atoms with Crippen LogP contribution in [-0.2, 0) is 17.5 Å². The first kappa shape index (κ1) is 15.9. The number of ether oxygens (including phenoxy) is 1. The van der Waals surface area contributed by atoms with Gasteiger partial charge in [0.05, 0.1) is 6.61 Å². The summed E-state index contributed by atoms with van der Waals surface area (Å²) in [6.45, 7) is 0.670. The van der Waals surface area contributed by atoms with Crippen LogP contribution in [0.1, 0.15) is 11.1 Å². The molecule has 2 heteroatoms. The van der Waals surface area contributed by atoms with Crippen molar-refractivity contribution in [1.82, 2.24) is 0 Å². The average Bonchev–Trinajstić information content (AvgIpc) is 2.63. The molecule has 0 fully saturated rings. The molecule has 1 nitrogen and oxygen atoms in total. The van der Waals surface area contributed by atoms with Crippen molar-refractivity contribution in [2.45, 2.75) is 12.8 Å². The second kappa shape index (κ2) is 8.06. The average molecular weight is 320 g/mol. The Bertz CT molecular complexity index is 686. The van der Waals surface area contributed by atoms with E-state index in [0.717, 1.165) is 6.16 Å². The Labute approximate surface area is 139 Å². The molecule has 0 unspecified atom stereocenters. The summed E-state index contributed by atoms with van der Waals surface area (Å²) in [4.78, 5) is 0. The van der Waals surface area contributed by atoms with Crippen LogP contribution >= 0.6 is 7.92 Å². The minimum atomic E-state index is -0.410. The quantitative estimate of drug-likeness (QED) is 0.609. The van der Waals surface area contributed by atoms with Gasteiger partial charge in [0.2, 0.25) is 0 Å². The summed E-state index contributed by atoms with van der Waals surface area (Å²) in [5.41, 5.74) is 2.67. The lowest BCUT2D eigenvalue weighted by Crippen LogP contribution is -2.13. The van der Waals surface area contributed by atoms with Gasteiger partial charge in [0.1, 0.15) is 0 Å². The summed E-state index contributed by atoms with van der Waals surface area (Å²) in [7, 11) is 1.35. The first-order chi connectivity index (χ1) is 11.4. The first-order valence-electron chi connectivity index (χ1n) is 7.82. The lowest BCUT2D eigenvalue weighted by atomic mass is 10.1. The maximum absolute atomic E-state index is 5.37. The van der Waals surface area contributed by atoms with Crippen molar-refractivity contribution in [1.29, 1.82) is 0 Å². The van der Waals surface area contributed by atoms with Gasteiger partial charge in [-0.2, -0.15) is 0 Å². The monoisotopic (exact) mass is 320 g/mol. The molecule has 3 aromatic rings. The van der Waals surface area contributed by atoms with E-state index < -0.39 is 7.92 Å². The Hall–Kier alpha value is -1.95. The highest BCUT2D eigenvalue weighted by Crippen LogP contribution is 2.38. The minimum Gasteiger partial charge on any atom is -0.380 e. The maximum Gasteiger partial charge on any atom is 0.0715 e. The summed E-state index contributed by atoms with van der Waals surface area (Å²) in [6, 6.07) is 30.3. The van der Waals surface area contributed by atoms with Crippen molar-refractivity contribution in [3.05, 3.63) is 96.1 Å². The second-order valence-corrected chi connectivity index (χ2v) is 7.66. The van der Waals surface area contributed by atoms with Crippen molar-refractivity contribution < 1.29 is 4.74 Å². The molecule has 0 saturated carbocycles. The second-order valence-electron chi connectivity index (χ2n) is 5.46. The summed E-state index contributed by atoms with van der Waals surface area (Å²) in [5, 5.41) is 2.84. The van der Waals surface area contributed by atoms with Gasteiger partial charge in [0, 0.05) is 13.3 Å². The van der Waals surface area contributed by atoms with Gasteiger partial charge >= 0.3 is 0 Å². The molecule has 0 aliphatic rings. The molecule has 116 valence electrons. The van der Waals surface area contributed by atoms with Crippen molar-refractivity contribution >= 4 is 18.5 Å². The Morgan fingerprint density at radius 1 is 0.652 bits per heavy atom. The molecular formula is C21H21OP. The zero-order valence-electron chi connectivity index (χ0n) is 13.4. The largest absolute Gasteiger partial charge is 0.380 e. The number of hydrogen-bond acceptors (Lipinski definition) is 1. The zero-order valence-corrected chi connectivity index (χ0v) is 14.2. The third-order valence-corrected chi connectivity index (χ3v) is 6.38. The summed E-state index contributed by atoms with van der Waals surface area (Å²) in [5.74, 6) is 0. The van der Waals surface area contributed by atoms with Crippen molar-refractivity contribution in [2.75, 3.05) is 7.11 Å². The minimum absolute atomic E-state index is 0.410. The van der Waals surface area contributed by atoms with Gasteiger partial charge in [-0.25, -0.2) is 0 Å². The molecule has 23 heavy (non-hydrogen) atoms. The normalized spacial score (nSPS) is 10.9. The smallest absolute Gasteiger partial charge is 0.0715 e. The first-order valence-corrected chi connectivity index (χ1v) is 9.34. The fraction of sp³-hybridized carbons (Fsp3) is 0.143. The van der Waals surface area contributed by atoms with Crippen LogP contribution < -0.4 is 10.6 Å². The molecule has 0 aliphatic heterocycles. The van der Waals surface area contributed by atoms with E-state index in [0.29, 0.717) is 6.61 Å². The van der Waals surface area contributed by atoms with Crippen LogP contribution in [0.5, 0.6) is 0 Å². The molecular weight excluding hydrogens is 299 g/mol. The molecule has 0 aromatic heterocycles. The van der Waals surface area contributed by atoms with Crippen LogP contribution in [0.25, 0.3) is 0 Å². The summed E-state index contributed by atoms with van der Waals surface area (Å²) >= 11 is 0. The van der Waals surface area contributed by atoms with E-state index in [-0.39, 0.29) is 0 Å². The van der Waals surface area contributed by atoms with Gasteiger partial charge < -0.3 is 4.74 Å². The Kier molecular flexibility index (Phi) is 5.58. The van der Waals surface area contributed by atoms with E-state index in [2.05, 4.69) is 84.9 Å². The van der Waals surface area contributed by atoms with Crippen molar-refractivity contribution in [3.63, 3.8) is 0 Å². The summed E-state index contributed by atoms with van der Waals surface area (Å²) in [6.07, 6.45) is 1.04. The Morgan fingerprint density at radius 2 is 1.13 bits per heavy atom. The van der Waals surface area contributed by atoms with Gasteiger partial charge in [-0.1, -0.05) is 84.9 Å². The zero-order chi connectivity index (χ0) is 15.9. The van der Waals surface area contributed by atoms with E-state index in [1.807, 2.05) is 0 Å². The van der Waals surface area contributed by atoms with Crippen LogP contribution in [0, 0.1) is 0 Å². The molecule has 0 aliphatic carbocycles. The number of methoxy groups -OCH3 is 1. The van der Waals surface area contributed by atoms with Crippen molar-refractivity contribution in [2.24, 2.45) is 0 Å². The van der Waals surface area contributed by atoms with E-state index >= 15 is 0 Å². The highest BCUT2D eigenvalue weighted by molar-refractivity contribution is 7.72. The molecule has 3 aromatic carbocycles. The van der Waals surface area contributed by atoms with Crippen LogP contribution in [0.2, 0.25) is 0 Å². The molecule has 0 spiro atoms. The highest BCUT2D eigenvalue weighted by atomic mass is 31.1. The predicted molar refractivity (Wildman–Crippen MR) is 99.9 cm³/mol. The van der Waals surface area contributed by atoms with Crippen LogP contribution in [0.3, 0.4) is 0 Å². The maximum atomic E-state index is 5.37. The number of benzene rings is 3. The fourth-order valence-corrected chi connectivity index (χ4v) is 5.10. The molecule has 0 radical (unpaired) electrons. The SMILES string of the molecule is COCc1ccccc1CP(c1ccccc1)c1ccccc1. The molecule has 0 N–H and O–H groups in total. The van der Waals surface area contributed by atoms with E-state index in [1.54, 1.807) is 7.11 Å². The van der Waals surface area contributed by atoms with Gasteiger partial charge in [0.15, 0.2) is 0 Å². The van der Waals surface area contributed by atoms with Crippen LogP contribution in [0.4, 0.5) is 0 Å². The van der Waals surface area contributed by atoms with E-state index in [4.69, 9.17) is 4.74 Å². The molecule has 0 saturated heterocycles. The van der Waals surface area contributed by atoms with Crippen molar-refractivity contribution in [3.8, 4) is 0 Å². The topological polar surface area (TPSA) is 9.23 Å². The van der Waals surface area contributed by atoms with Crippen LogP contribution in [-0.4, -0.2) is 7.11 Å². The number of hydrogen-bond donors (Lipinski definition) is 0. The Morgan fingerprint density at radius 3 is 1.65 bits per heavy atom. The molecule has 0 bridgehead atoms. The van der Waals surface area contributed by atoms with Gasteiger partial charge in [-0.05, 0) is 29.7 Å². The third-order valence-electron chi connectivity index (χ3n) is 3.88. The highest BCUT2D eigenvalue weighted by Gasteiger charge is 2.15. The fourth-order valence-electron chi connectivity index (χ4n) is 2.73. The van der Waals surface area contributed by atoms with E-state index in [1.165, 1.54) is 21.7 Å². The summed E-state index contributed by atoms with van der Waals surface area (Å²) < 4.78 is 5.37. The lowest BCUT2D eigenvalue weighted by Gasteiger charge is -2.20. The molecule has 0 heterocycles. The molecule has 0 atom stereocenters. The Balaban J connectivity index is 1.97.